The van der Waals surface area contributed by atoms with E-state index >= 15 is 0 Å². The summed E-state index contributed by atoms with van der Waals surface area (Å²) in [5, 5.41) is 0. The molecule has 1 aliphatic heterocycles. The van der Waals surface area contributed by atoms with Crippen molar-refractivity contribution < 1.29 is 13.2 Å². The van der Waals surface area contributed by atoms with Gasteiger partial charge in [-0.05, 0) is 6.92 Å². The third-order valence-electron chi connectivity index (χ3n) is 2.99. The molecule has 0 aromatic carbocycles. The summed E-state index contributed by atoms with van der Waals surface area (Å²) in [5.74, 6) is 0.512. The minimum absolute atomic E-state index is 0.0509. The summed E-state index contributed by atoms with van der Waals surface area (Å²) in [6, 6.07) is -0.0509. The zero-order chi connectivity index (χ0) is 12.6. The second kappa shape index (κ2) is 4.45. The number of carbonyl (C=O) groups excluding carboxylic acids is 1. The lowest BCUT2D eigenvalue weighted by atomic mass is 9.90. The van der Waals surface area contributed by atoms with Crippen molar-refractivity contribution in [1.82, 2.24) is 4.90 Å². The summed E-state index contributed by atoms with van der Waals surface area (Å²) in [6.07, 6.45) is 0. The number of hydrogen-bond acceptors (Lipinski definition) is 4. The van der Waals surface area contributed by atoms with Crippen LogP contribution in [-0.2, 0) is 14.6 Å². The Balaban J connectivity index is 2.61. The van der Waals surface area contributed by atoms with Gasteiger partial charge in [-0.1, -0.05) is 20.8 Å². The van der Waals surface area contributed by atoms with Gasteiger partial charge in [0.15, 0.2) is 15.6 Å². The van der Waals surface area contributed by atoms with Crippen LogP contribution in [0.5, 0.6) is 0 Å². The Morgan fingerprint density at radius 3 is 2.38 bits per heavy atom. The molecule has 0 bridgehead atoms. The average molecular weight is 247 g/mol. The molecule has 0 amide bonds. The molecular weight excluding hydrogens is 226 g/mol. The van der Waals surface area contributed by atoms with Crippen molar-refractivity contribution in [3.05, 3.63) is 0 Å². The lowest BCUT2D eigenvalue weighted by Gasteiger charge is -2.34. The molecule has 1 atom stereocenters. The quantitative estimate of drug-likeness (QED) is 0.721. The highest BCUT2D eigenvalue weighted by molar-refractivity contribution is 7.91. The molecule has 16 heavy (non-hydrogen) atoms. The van der Waals surface area contributed by atoms with Crippen LogP contribution in [0.1, 0.15) is 27.7 Å². The fourth-order valence-corrected chi connectivity index (χ4v) is 3.31. The van der Waals surface area contributed by atoms with Gasteiger partial charge in [-0.3, -0.25) is 9.69 Å². The molecular formula is C11H21NO3S. The molecule has 0 aliphatic carbocycles. The fourth-order valence-electron chi connectivity index (χ4n) is 1.69. The summed E-state index contributed by atoms with van der Waals surface area (Å²) in [7, 11) is -2.89. The summed E-state index contributed by atoms with van der Waals surface area (Å²) in [4.78, 5) is 13.8. The highest BCUT2D eigenvalue weighted by atomic mass is 32.2. The van der Waals surface area contributed by atoms with E-state index in [0.29, 0.717) is 13.1 Å². The minimum atomic E-state index is -2.89. The summed E-state index contributed by atoms with van der Waals surface area (Å²) in [6.45, 7) is 8.38. The van der Waals surface area contributed by atoms with E-state index in [1.165, 1.54) is 0 Å². The van der Waals surface area contributed by atoms with E-state index in [1.807, 2.05) is 32.6 Å². The summed E-state index contributed by atoms with van der Waals surface area (Å²) >= 11 is 0. The second-order valence-electron chi connectivity index (χ2n) is 5.61. The smallest absolute Gasteiger partial charge is 0.153 e. The zero-order valence-electron chi connectivity index (χ0n) is 10.5. The maximum Gasteiger partial charge on any atom is 0.153 e. The molecule has 1 rings (SSSR count). The van der Waals surface area contributed by atoms with Gasteiger partial charge in [0.25, 0.3) is 0 Å². The van der Waals surface area contributed by atoms with Crippen LogP contribution in [0.4, 0.5) is 0 Å². The third kappa shape index (κ3) is 3.56. The van der Waals surface area contributed by atoms with E-state index in [4.69, 9.17) is 0 Å². The van der Waals surface area contributed by atoms with E-state index in [2.05, 4.69) is 0 Å². The van der Waals surface area contributed by atoms with Gasteiger partial charge in [-0.25, -0.2) is 8.42 Å². The van der Waals surface area contributed by atoms with Crippen LogP contribution in [0.2, 0.25) is 0 Å². The number of ketones is 1. The monoisotopic (exact) mass is 247 g/mol. The van der Waals surface area contributed by atoms with Crippen molar-refractivity contribution in [1.29, 1.82) is 0 Å². The van der Waals surface area contributed by atoms with Crippen LogP contribution in [0.15, 0.2) is 0 Å². The van der Waals surface area contributed by atoms with Crippen LogP contribution in [0.25, 0.3) is 0 Å². The normalized spacial score (nSPS) is 26.6. The van der Waals surface area contributed by atoms with E-state index in [0.717, 1.165) is 0 Å². The highest BCUT2D eigenvalue weighted by Crippen LogP contribution is 2.18. The van der Waals surface area contributed by atoms with Crippen molar-refractivity contribution in [2.24, 2.45) is 5.41 Å². The predicted octanol–water partition coefficient (Wildman–Crippen LogP) is 0.720. The first kappa shape index (κ1) is 13.6. The summed E-state index contributed by atoms with van der Waals surface area (Å²) in [5.41, 5.74) is -0.351. The van der Waals surface area contributed by atoms with Gasteiger partial charge in [-0.15, -0.1) is 0 Å². The number of Topliss-reactive ketones (excluding diaryl/α,β-unsaturated/α-hetero) is 1. The van der Waals surface area contributed by atoms with Crippen molar-refractivity contribution in [2.45, 2.75) is 33.7 Å². The maximum absolute atomic E-state index is 11.8. The molecule has 1 saturated heterocycles. The maximum atomic E-state index is 11.8. The number of rotatable bonds is 2. The first-order valence-corrected chi connectivity index (χ1v) is 7.42. The first-order chi connectivity index (χ1) is 7.12. The Labute approximate surface area is 97.9 Å². The first-order valence-electron chi connectivity index (χ1n) is 5.59. The lowest BCUT2D eigenvalue weighted by Crippen LogP contribution is -2.50. The average Bonchev–Trinajstić information content (AvgIpc) is 2.07. The molecule has 1 fully saturated rings. The van der Waals surface area contributed by atoms with Crippen LogP contribution >= 0.6 is 0 Å². The molecule has 94 valence electrons. The van der Waals surface area contributed by atoms with Gasteiger partial charge in [0.2, 0.25) is 0 Å². The highest BCUT2D eigenvalue weighted by Gasteiger charge is 2.31. The molecule has 0 N–H and O–H groups in total. The molecule has 0 spiro atoms. The van der Waals surface area contributed by atoms with Crippen molar-refractivity contribution in [3.63, 3.8) is 0 Å². The van der Waals surface area contributed by atoms with E-state index in [9.17, 15) is 13.2 Å². The van der Waals surface area contributed by atoms with Crippen LogP contribution in [0, 0.1) is 5.41 Å². The van der Waals surface area contributed by atoms with Crippen LogP contribution in [-0.4, -0.2) is 49.7 Å². The third-order valence-corrected chi connectivity index (χ3v) is 4.79. The van der Waals surface area contributed by atoms with Gasteiger partial charge in [0, 0.05) is 18.0 Å². The molecule has 5 heteroatoms. The van der Waals surface area contributed by atoms with Crippen molar-refractivity contribution in [3.8, 4) is 0 Å². The predicted molar refractivity (Wildman–Crippen MR) is 64.2 cm³/mol. The Morgan fingerprint density at radius 1 is 1.38 bits per heavy atom. The minimum Gasteiger partial charge on any atom is -0.298 e. The van der Waals surface area contributed by atoms with Crippen LogP contribution in [0.3, 0.4) is 0 Å². The van der Waals surface area contributed by atoms with Gasteiger partial charge in [0.1, 0.15) is 0 Å². The number of nitrogens with zero attached hydrogens (tertiary/aromatic N) is 1. The Morgan fingerprint density at radius 2 is 1.94 bits per heavy atom. The largest absolute Gasteiger partial charge is 0.298 e. The molecule has 1 heterocycles. The molecule has 0 aromatic rings. The van der Waals surface area contributed by atoms with Gasteiger partial charge in [-0.2, -0.15) is 0 Å². The number of sulfone groups is 1. The zero-order valence-corrected chi connectivity index (χ0v) is 11.3. The fraction of sp³-hybridized carbons (Fsp3) is 0.909. The van der Waals surface area contributed by atoms with Crippen LogP contribution < -0.4 is 0 Å². The molecule has 1 aliphatic rings. The lowest BCUT2D eigenvalue weighted by molar-refractivity contribution is -0.127. The van der Waals surface area contributed by atoms with Crippen molar-refractivity contribution >= 4 is 15.6 Å². The molecule has 0 saturated carbocycles. The molecule has 4 nitrogen and oxygen atoms in total. The van der Waals surface area contributed by atoms with Gasteiger partial charge < -0.3 is 0 Å². The molecule has 1 unspecified atom stereocenters. The Hall–Kier alpha value is -0.420. The Kier molecular flexibility index (Phi) is 3.80. The van der Waals surface area contributed by atoms with Crippen molar-refractivity contribution in [2.75, 3.05) is 24.6 Å². The molecule has 0 radical (unpaired) electrons. The van der Waals surface area contributed by atoms with Gasteiger partial charge >= 0.3 is 0 Å². The number of hydrogen-bond donors (Lipinski definition) is 0. The van der Waals surface area contributed by atoms with E-state index in [1.54, 1.807) is 0 Å². The van der Waals surface area contributed by atoms with Gasteiger partial charge in [0.05, 0.1) is 18.1 Å². The number of carbonyl (C=O) groups is 1. The summed E-state index contributed by atoms with van der Waals surface area (Å²) < 4.78 is 22.8. The topological polar surface area (TPSA) is 54.5 Å². The van der Waals surface area contributed by atoms with E-state index < -0.39 is 9.84 Å². The second-order valence-corrected chi connectivity index (χ2v) is 7.84. The Bertz CT molecular complexity index is 367. The SMILES string of the molecule is CC1CS(=O)(=O)CCN1CC(=O)C(C)(C)C. The standard InChI is InChI=1S/C11H21NO3S/c1-9-8-16(14,15)6-5-12(9)7-10(13)11(2,3)4/h9H,5-8H2,1-4H3. The molecule has 0 aromatic heterocycles. The van der Waals surface area contributed by atoms with E-state index in [-0.39, 0.29) is 28.7 Å².